The molecule has 0 unspecified atom stereocenters. The molecule has 0 spiro atoms. The van der Waals surface area contributed by atoms with Gasteiger partial charge >= 0.3 is 172 Å². The van der Waals surface area contributed by atoms with Crippen LogP contribution in [-0.4, -0.2) is 33.1 Å². The van der Waals surface area contributed by atoms with Crippen molar-refractivity contribution in [2.45, 2.75) is 293 Å². The number of hydrogen-bond acceptors (Lipinski definition) is 4. The molecule has 0 aromatic heterocycles. The van der Waals surface area contributed by atoms with Gasteiger partial charge in [0.2, 0.25) is 0 Å². The van der Waals surface area contributed by atoms with Gasteiger partial charge in [-0.2, -0.15) is 0 Å². The molecule has 0 aliphatic carbocycles. The molecule has 0 amide bonds. The third-order valence-electron chi connectivity index (χ3n) is 10.4. The summed E-state index contributed by atoms with van der Waals surface area (Å²) in [5.74, 6) is -1.82. The fourth-order valence-corrected chi connectivity index (χ4v) is 10.3. The fourth-order valence-electron chi connectivity index (χ4n) is 6.76. The first-order valence-corrected chi connectivity index (χ1v) is 28.1. The zero-order chi connectivity index (χ0) is 39.6. The number of unbranched alkanes of at least 4 members (excludes halogenated alkanes) is 34. The molecule has 0 aromatic carbocycles. The summed E-state index contributed by atoms with van der Waals surface area (Å²) in [6.07, 6.45) is 52.2. The zero-order valence-electron chi connectivity index (χ0n) is 36.8. The van der Waals surface area contributed by atoms with Gasteiger partial charge in [0.1, 0.15) is 0 Å². The molecule has 0 aromatic rings. The number of carboxylic acid groups (broad SMARTS) is 2. The first-order valence-electron chi connectivity index (χ1n) is 24.1. The van der Waals surface area contributed by atoms with Gasteiger partial charge in [0.05, 0.1) is 0 Å². The maximum absolute atomic E-state index is 10.1. The maximum atomic E-state index is 10.1. The summed E-state index contributed by atoms with van der Waals surface area (Å²) in [4.78, 5) is 20.2. The summed E-state index contributed by atoms with van der Waals surface area (Å²) in [5, 5.41) is 20.2. The van der Waals surface area contributed by atoms with Crippen LogP contribution in [-0.2, 0) is 9.59 Å². The fraction of sp³-hybridized carbons (Fsp3) is 0.958. The number of carboxylic acids is 2. The first kappa shape index (κ1) is 57.1. The minimum absolute atomic E-state index is 0.0377. The van der Waals surface area contributed by atoms with E-state index in [0.29, 0.717) is 0 Å². The van der Waals surface area contributed by atoms with Crippen LogP contribution in [0.3, 0.4) is 0 Å². The average Bonchev–Trinajstić information content (AvgIpc) is 3.14. The van der Waals surface area contributed by atoms with Crippen LogP contribution in [0.5, 0.6) is 0 Å². The summed E-state index contributed by atoms with van der Waals surface area (Å²) < 4.78 is 3.33. The van der Waals surface area contributed by atoms with Crippen molar-refractivity contribution in [3.63, 3.8) is 0 Å². The first-order chi connectivity index (χ1) is 26.0. The topological polar surface area (TPSA) is 80.3 Å². The van der Waals surface area contributed by atoms with E-state index in [9.17, 15) is 19.8 Å². The van der Waals surface area contributed by atoms with Crippen molar-refractivity contribution < 1.29 is 19.8 Å². The Morgan fingerprint density at radius 1 is 0.283 bits per heavy atom. The summed E-state index contributed by atoms with van der Waals surface area (Å²) in [6.45, 7) is 9.06. The monoisotopic (exact) mass is 857 g/mol. The van der Waals surface area contributed by atoms with E-state index in [-0.39, 0.29) is 34.0 Å². The van der Waals surface area contributed by atoms with Crippen molar-refractivity contribution >= 4 is 33.1 Å². The molecule has 5 heteroatoms. The van der Waals surface area contributed by atoms with E-state index in [1.165, 1.54) is 205 Å². The molecule has 0 N–H and O–H groups in total. The van der Waals surface area contributed by atoms with Gasteiger partial charge < -0.3 is 19.8 Å². The molecule has 0 aliphatic rings. The van der Waals surface area contributed by atoms with Crippen LogP contribution in [0, 0.1) is 0 Å². The van der Waals surface area contributed by atoms with Gasteiger partial charge in [-0.05, 0) is 25.7 Å². The second kappa shape index (κ2) is 56.1. The average molecular weight is 856 g/mol. The Balaban J connectivity index is -0.000000762. The van der Waals surface area contributed by atoms with Crippen LogP contribution in [0.25, 0.3) is 0 Å². The minimum atomic E-state index is -0.909. The number of carbonyl (C=O) groups excluding carboxylic acids is 2. The normalized spacial score (nSPS) is 10.6. The van der Waals surface area contributed by atoms with Crippen molar-refractivity contribution in [1.82, 2.24) is 0 Å². The standard InChI is InChI=1S/2C12H24O2.2C12H25.Sn/c2*1-2-3-4-5-6-7-8-9-10-11-12(13)14;2*1-3-5-7-9-11-12-10-8-6-4-2;/h2*2-11H2,1H3,(H,13,14);2*1,3-12H2,2H3;/q;;;;+2/p-2. The van der Waals surface area contributed by atoms with E-state index < -0.39 is 11.9 Å². The summed E-state index contributed by atoms with van der Waals surface area (Å²) >= 11 is 0.0377. The van der Waals surface area contributed by atoms with Crippen LogP contribution >= 0.6 is 0 Å². The van der Waals surface area contributed by atoms with Crippen LogP contribution in [0.2, 0.25) is 8.87 Å². The predicted molar refractivity (Wildman–Crippen MR) is 233 cm³/mol. The Hall–Kier alpha value is -0.261. The summed E-state index contributed by atoms with van der Waals surface area (Å²) in [5.41, 5.74) is 0. The molecular formula is C48H96O4Sn. The van der Waals surface area contributed by atoms with E-state index in [4.69, 9.17) is 0 Å². The van der Waals surface area contributed by atoms with E-state index in [2.05, 4.69) is 27.7 Å². The molecule has 0 saturated carbocycles. The molecule has 0 bridgehead atoms. The molecule has 0 heterocycles. The van der Waals surface area contributed by atoms with Crippen LogP contribution in [0.1, 0.15) is 285 Å². The Labute approximate surface area is 344 Å². The number of carbonyl (C=O) groups is 2. The van der Waals surface area contributed by atoms with Crippen molar-refractivity contribution in [3.05, 3.63) is 0 Å². The van der Waals surface area contributed by atoms with Crippen molar-refractivity contribution in [2.24, 2.45) is 0 Å². The van der Waals surface area contributed by atoms with Crippen LogP contribution in [0.4, 0.5) is 0 Å². The van der Waals surface area contributed by atoms with E-state index >= 15 is 0 Å². The van der Waals surface area contributed by atoms with E-state index in [1.54, 1.807) is 21.7 Å². The Morgan fingerprint density at radius 3 is 0.642 bits per heavy atom. The van der Waals surface area contributed by atoms with Crippen LogP contribution in [0.15, 0.2) is 0 Å². The third kappa shape index (κ3) is 66.9. The molecule has 0 rings (SSSR count). The Kier molecular flexibility index (Phi) is 60.4. The molecule has 4 nitrogen and oxygen atoms in total. The van der Waals surface area contributed by atoms with Gasteiger partial charge in [0, 0.05) is 11.9 Å². The van der Waals surface area contributed by atoms with Crippen molar-refractivity contribution in [1.29, 1.82) is 0 Å². The SMILES string of the molecule is CCCCCCCCCCCC(=O)[O-].CCCCCCCCCCCC(=O)[O-].CCCCCCCCCCC[CH2][Sn+2][CH2]CCCCCCCCCCC. The van der Waals surface area contributed by atoms with Gasteiger partial charge in [-0.3, -0.25) is 0 Å². The molecule has 0 aliphatic heterocycles. The molecule has 0 saturated heterocycles. The summed E-state index contributed by atoms with van der Waals surface area (Å²) in [7, 11) is 0. The van der Waals surface area contributed by atoms with E-state index in [1.807, 2.05) is 0 Å². The third-order valence-corrected chi connectivity index (χ3v) is 14.4. The second-order valence-corrected chi connectivity index (χ2v) is 20.3. The van der Waals surface area contributed by atoms with E-state index in [0.717, 1.165) is 25.7 Å². The van der Waals surface area contributed by atoms with Gasteiger partial charge in [-0.15, -0.1) is 0 Å². The molecule has 0 atom stereocenters. The van der Waals surface area contributed by atoms with Gasteiger partial charge in [-0.1, -0.05) is 117 Å². The number of rotatable bonds is 42. The summed E-state index contributed by atoms with van der Waals surface area (Å²) in [6, 6.07) is 0. The number of aliphatic carboxylic acids is 2. The Morgan fingerprint density at radius 2 is 0.453 bits per heavy atom. The molecule has 53 heavy (non-hydrogen) atoms. The molecule has 0 fully saturated rings. The molecule has 316 valence electrons. The zero-order valence-corrected chi connectivity index (χ0v) is 39.7. The predicted octanol–water partition coefficient (Wildman–Crippen LogP) is 14.7. The second-order valence-electron chi connectivity index (χ2n) is 16.0. The molecule has 0 radical (unpaired) electrons. The van der Waals surface area contributed by atoms with Gasteiger partial charge in [-0.25, -0.2) is 0 Å². The van der Waals surface area contributed by atoms with Crippen LogP contribution < -0.4 is 10.2 Å². The van der Waals surface area contributed by atoms with Crippen molar-refractivity contribution in [2.75, 3.05) is 0 Å². The van der Waals surface area contributed by atoms with Crippen molar-refractivity contribution in [3.8, 4) is 0 Å². The molecular weight excluding hydrogens is 759 g/mol. The number of hydrogen-bond donors (Lipinski definition) is 0. The Bertz CT molecular complexity index is 601. The quantitative estimate of drug-likeness (QED) is 0.0452. The van der Waals surface area contributed by atoms with Gasteiger partial charge in [0.15, 0.2) is 0 Å². The van der Waals surface area contributed by atoms with Gasteiger partial charge in [0.25, 0.3) is 0 Å².